The van der Waals surface area contributed by atoms with Gasteiger partial charge in [-0.25, -0.2) is 4.39 Å². The van der Waals surface area contributed by atoms with Gasteiger partial charge in [0.05, 0.1) is 31.1 Å². The molecule has 0 aliphatic heterocycles. The van der Waals surface area contributed by atoms with Gasteiger partial charge < -0.3 is 14.2 Å². The van der Waals surface area contributed by atoms with Crippen molar-refractivity contribution in [3.05, 3.63) is 22.8 Å². The van der Waals surface area contributed by atoms with E-state index in [1.54, 1.807) is 19.9 Å². The van der Waals surface area contributed by atoms with Gasteiger partial charge >= 0.3 is 5.97 Å². The first kappa shape index (κ1) is 21.6. The van der Waals surface area contributed by atoms with Gasteiger partial charge in [0, 0.05) is 27.9 Å². The number of rotatable bonds is 10. The van der Waals surface area contributed by atoms with Crippen molar-refractivity contribution in [1.82, 2.24) is 0 Å². The summed E-state index contributed by atoms with van der Waals surface area (Å²) >= 11 is 4.47. The first-order valence-corrected chi connectivity index (χ1v) is 10.5. The smallest absolute Gasteiger partial charge is 0.309 e. The number of esters is 1. The van der Waals surface area contributed by atoms with Gasteiger partial charge in [-0.2, -0.15) is 0 Å². The van der Waals surface area contributed by atoms with Gasteiger partial charge in [0.25, 0.3) is 0 Å². The molecule has 0 unspecified atom stereocenters. The van der Waals surface area contributed by atoms with E-state index in [0.717, 1.165) is 11.8 Å². The van der Waals surface area contributed by atoms with Crippen LogP contribution in [-0.4, -0.2) is 37.4 Å². The molecule has 0 aliphatic rings. The molecule has 5 nitrogen and oxygen atoms in total. The van der Waals surface area contributed by atoms with Gasteiger partial charge in [-0.3, -0.25) is 9.59 Å². The summed E-state index contributed by atoms with van der Waals surface area (Å²) in [6, 6.07) is 3.17. The second kappa shape index (κ2) is 10.0. The van der Waals surface area contributed by atoms with Gasteiger partial charge in [-0.05, 0) is 19.4 Å². The lowest BCUT2D eigenvalue weighted by Crippen LogP contribution is -2.17. The molecule has 1 heterocycles. The second-order valence-corrected chi connectivity index (χ2v) is 7.79. The monoisotopic (exact) mass is 460 g/mol. The maximum atomic E-state index is 14.9. The Balaban J connectivity index is 2.29. The molecule has 8 heteroatoms. The molecule has 2 rings (SSSR count). The Morgan fingerprint density at radius 1 is 1.33 bits per heavy atom. The zero-order valence-corrected chi connectivity index (χ0v) is 17.9. The molecule has 0 spiro atoms. The lowest BCUT2D eigenvalue weighted by Gasteiger charge is -2.11. The minimum Gasteiger partial charge on any atom is -0.493 e. The second-order valence-electron chi connectivity index (χ2n) is 5.92. The van der Waals surface area contributed by atoms with Gasteiger partial charge in [-0.1, -0.05) is 22.9 Å². The fourth-order valence-corrected chi connectivity index (χ4v) is 3.76. The number of methoxy groups -OCH3 is 1. The van der Waals surface area contributed by atoms with Crippen LogP contribution in [0.3, 0.4) is 0 Å². The first-order chi connectivity index (χ1) is 12.9. The molecule has 1 aromatic carbocycles. The highest BCUT2D eigenvalue weighted by atomic mass is 79.9. The fourth-order valence-electron chi connectivity index (χ4n) is 2.50. The number of fused-ring (bicyclic) bond motifs is 1. The Morgan fingerprint density at radius 2 is 2.07 bits per heavy atom. The molecule has 1 atom stereocenters. The average Bonchev–Trinajstić information content (AvgIpc) is 3.08. The Bertz CT molecular complexity index is 820. The number of ether oxygens (including phenoxy) is 3. The number of thiophene rings is 1. The van der Waals surface area contributed by atoms with E-state index < -0.39 is 17.7 Å². The third-order valence-corrected chi connectivity index (χ3v) is 5.57. The summed E-state index contributed by atoms with van der Waals surface area (Å²) < 4.78 is 31.2. The number of ketones is 1. The van der Waals surface area contributed by atoms with E-state index in [2.05, 4.69) is 15.9 Å². The summed E-state index contributed by atoms with van der Waals surface area (Å²) in [5.41, 5.74) is 0. The normalized spacial score (nSPS) is 12.0. The zero-order chi connectivity index (χ0) is 20.0. The minimum absolute atomic E-state index is 0.0129. The van der Waals surface area contributed by atoms with Crippen molar-refractivity contribution in [2.45, 2.75) is 26.7 Å². The van der Waals surface area contributed by atoms with Gasteiger partial charge in [0.2, 0.25) is 0 Å². The van der Waals surface area contributed by atoms with Crippen LogP contribution in [0.2, 0.25) is 0 Å². The van der Waals surface area contributed by atoms with Crippen LogP contribution >= 0.6 is 27.3 Å². The van der Waals surface area contributed by atoms with E-state index in [1.165, 1.54) is 24.5 Å². The van der Waals surface area contributed by atoms with Gasteiger partial charge in [0.15, 0.2) is 23.1 Å². The molecule has 0 bridgehead atoms. The van der Waals surface area contributed by atoms with E-state index >= 15 is 0 Å². The van der Waals surface area contributed by atoms with Gasteiger partial charge in [-0.15, -0.1) is 11.3 Å². The molecule has 1 aromatic heterocycles. The zero-order valence-electron chi connectivity index (χ0n) is 15.5. The first-order valence-electron chi connectivity index (χ1n) is 8.61. The minimum atomic E-state index is -0.551. The van der Waals surface area contributed by atoms with E-state index in [0.29, 0.717) is 21.6 Å². The van der Waals surface area contributed by atoms with Crippen molar-refractivity contribution in [1.29, 1.82) is 0 Å². The molecule has 0 N–H and O–H groups in total. The predicted molar refractivity (Wildman–Crippen MR) is 107 cm³/mol. The molecular formula is C19H22BrFO5S. The number of hydrogen-bond donors (Lipinski definition) is 0. The third-order valence-electron chi connectivity index (χ3n) is 3.88. The number of carbonyl (C=O) groups is 2. The van der Waals surface area contributed by atoms with E-state index in [1.807, 2.05) is 0 Å². The molecule has 0 amide bonds. The number of hydrogen-bond acceptors (Lipinski definition) is 6. The van der Waals surface area contributed by atoms with Crippen LogP contribution in [0.15, 0.2) is 12.1 Å². The van der Waals surface area contributed by atoms with Crippen LogP contribution < -0.4 is 9.47 Å². The van der Waals surface area contributed by atoms with Crippen molar-refractivity contribution in [3.8, 4) is 11.5 Å². The quantitative estimate of drug-likeness (QED) is 0.216. The average molecular weight is 461 g/mol. The maximum Gasteiger partial charge on any atom is 0.309 e. The largest absolute Gasteiger partial charge is 0.493 e. The van der Waals surface area contributed by atoms with E-state index in [9.17, 15) is 14.0 Å². The molecule has 27 heavy (non-hydrogen) atoms. The van der Waals surface area contributed by atoms with Crippen LogP contribution in [0, 0.1) is 11.7 Å². The summed E-state index contributed by atoms with van der Waals surface area (Å²) in [7, 11) is 1.44. The molecule has 0 radical (unpaired) electrons. The summed E-state index contributed by atoms with van der Waals surface area (Å²) in [6.45, 7) is 3.97. The molecule has 0 saturated heterocycles. The Kier molecular flexibility index (Phi) is 8.04. The summed E-state index contributed by atoms with van der Waals surface area (Å²) in [5, 5.41) is 1.05. The Labute approximate surface area is 169 Å². The molecule has 0 aliphatic carbocycles. The van der Waals surface area contributed by atoms with E-state index in [-0.39, 0.29) is 30.3 Å². The van der Waals surface area contributed by atoms with E-state index in [4.69, 9.17) is 14.2 Å². The topological polar surface area (TPSA) is 61.8 Å². The fraction of sp³-hybridized carbons (Fsp3) is 0.474. The number of benzene rings is 1. The highest BCUT2D eigenvalue weighted by Gasteiger charge is 2.23. The summed E-state index contributed by atoms with van der Waals surface area (Å²) in [5.74, 6) is -1.41. The maximum absolute atomic E-state index is 14.9. The number of carbonyl (C=O) groups excluding carboxylic acids is 2. The van der Waals surface area contributed by atoms with Crippen molar-refractivity contribution in [2.24, 2.45) is 5.92 Å². The molecule has 0 saturated carbocycles. The SMILES string of the molecule is CCOC(=O)[C@@H](C)CC(=O)c1cc2c(F)c(OCCCBr)c(OC)cc2s1. The Morgan fingerprint density at radius 3 is 2.70 bits per heavy atom. The molecule has 2 aromatic rings. The predicted octanol–water partition coefficient (Wildman–Crippen LogP) is 4.98. The number of Topliss-reactive ketones (excluding diaryl/α,β-unsaturated/α-hetero) is 1. The van der Waals surface area contributed by atoms with Crippen LogP contribution in [0.5, 0.6) is 11.5 Å². The van der Waals surface area contributed by atoms with Crippen molar-refractivity contribution < 1.29 is 28.2 Å². The van der Waals surface area contributed by atoms with Crippen molar-refractivity contribution >= 4 is 49.1 Å². The number of halogens is 2. The summed E-state index contributed by atoms with van der Waals surface area (Å²) in [6.07, 6.45) is 0.735. The Hall–Kier alpha value is -1.67. The van der Waals surface area contributed by atoms with Crippen LogP contribution in [0.1, 0.15) is 36.4 Å². The molecule has 148 valence electrons. The third kappa shape index (κ3) is 5.19. The highest BCUT2D eigenvalue weighted by Crippen LogP contribution is 2.40. The van der Waals surface area contributed by atoms with Crippen LogP contribution in [-0.2, 0) is 9.53 Å². The lowest BCUT2D eigenvalue weighted by atomic mass is 10.0. The highest BCUT2D eigenvalue weighted by molar-refractivity contribution is 9.09. The van der Waals surface area contributed by atoms with Crippen molar-refractivity contribution in [2.75, 3.05) is 25.7 Å². The standard InChI is InChI=1S/C19H22BrFO5S/c1-4-25-19(23)11(2)8-13(22)16-9-12-15(27-16)10-14(24-3)18(17(12)21)26-7-5-6-20/h9-11H,4-8H2,1-3H3/t11-/m0/s1. The summed E-state index contributed by atoms with van der Waals surface area (Å²) in [4.78, 5) is 24.6. The molecule has 0 fully saturated rings. The lowest BCUT2D eigenvalue weighted by molar-refractivity contribution is -0.147. The van der Waals surface area contributed by atoms with Crippen LogP contribution in [0.4, 0.5) is 4.39 Å². The van der Waals surface area contributed by atoms with Gasteiger partial charge in [0.1, 0.15) is 0 Å². The molecular weight excluding hydrogens is 439 g/mol. The van der Waals surface area contributed by atoms with Crippen molar-refractivity contribution in [3.63, 3.8) is 0 Å². The number of alkyl halides is 1. The van der Waals surface area contributed by atoms with Crippen LogP contribution in [0.25, 0.3) is 10.1 Å².